The van der Waals surface area contributed by atoms with E-state index in [2.05, 4.69) is 25.3 Å². The number of nitrogens with zero attached hydrogens (tertiary/aromatic N) is 2. The number of aromatic nitrogens is 2. The Morgan fingerprint density at radius 2 is 1.85 bits per heavy atom. The number of amides is 1. The van der Waals surface area contributed by atoms with E-state index >= 15 is 0 Å². The number of nitrogens with one attached hydrogen (secondary N) is 2. The second-order valence-corrected chi connectivity index (χ2v) is 5.25. The molecule has 2 aromatic rings. The Balaban J connectivity index is 1.80. The zero-order valence-electron chi connectivity index (χ0n) is 14.4. The molecule has 1 aromatic carbocycles. The second kappa shape index (κ2) is 10.00. The van der Waals surface area contributed by atoms with Gasteiger partial charge in [-0.3, -0.25) is 9.59 Å². The van der Waals surface area contributed by atoms with Crippen LogP contribution in [0.5, 0.6) is 5.75 Å². The SMILES string of the molecule is CC(OC(=O)CCNc1ncccn1)C(=O)Nc1ccccc1OC(F)F. The number of halogens is 2. The molecule has 0 fully saturated rings. The van der Waals surface area contributed by atoms with Crippen LogP contribution in [0, 0.1) is 0 Å². The summed E-state index contributed by atoms with van der Waals surface area (Å²) in [5.41, 5.74) is 0.0496. The van der Waals surface area contributed by atoms with Crippen LogP contribution in [0.25, 0.3) is 0 Å². The number of carbonyl (C=O) groups is 2. The van der Waals surface area contributed by atoms with Gasteiger partial charge in [0.05, 0.1) is 12.1 Å². The van der Waals surface area contributed by atoms with Crippen LogP contribution in [0.3, 0.4) is 0 Å². The van der Waals surface area contributed by atoms with Gasteiger partial charge in [0, 0.05) is 18.9 Å². The number of hydrogen-bond acceptors (Lipinski definition) is 7. The second-order valence-electron chi connectivity index (χ2n) is 5.25. The lowest BCUT2D eigenvalue weighted by atomic mass is 10.2. The van der Waals surface area contributed by atoms with Crippen molar-refractivity contribution in [2.24, 2.45) is 0 Å². The van der Waals surface area contributed by atoms with E-state index in [-0.39, 0.29) is 24.4 Å². The van der Waals surface area contributed by atoms with Crippen molar-refractivity contribution in [2.45, 2.75) is 26.1 Å². The molecular formula is C17H18F2N4O4. The molecule has 0 radical (unpaired) electrons. The first-order valence-electron chi connectivity index (χ1n) is 8.01. The lowest BCUT2D eigenvalue weighted by molar-refractivity contribution is -0.152. The fraction of sp³-hybridized carbons (Fsp3) is 0.294. The Labute approximate surface area is 153 Å². The molecule has 8 nitrogen and oxygen atoms in total. The van der Waals surface area contributed by atoms with Gasteiger partial charge < -0.3 is 20.1 Å². The topological polar surface area (TPSA) is 102 Å². The van der Waals surface area contributed by atoms with Crippen molar-refractivity contribution in [1.29, 1.82) is 0 Å². The molecule has 0 spiro atoms. The molecule has 0 bridgehead atoms. The standard InChI is InChI=1S/C17H18F2N4O4/c1-11(26-14(24)7-10-22-17-20-8-4-9-21-17)15(25)23-12-5-2-3-6-13(12)27-16(18)19/h2-6,8-9,11,16H,7,10H2,1H3,(H,23,25)(H,20,21,22). The van der Waals surface area contributed by atoms with Crippen molar-refractivity contribution in [1.82, 2.24) is 9.97 Å². The average Bonchev–Trinajstić information content (AvgIpc) is 2.63. The first-order valence-corrected chi connectivity index (χ1v) is 8.01. The minimum atomic E-state index is -3.03. The van der Waals surface area contributed by atoms with E-state index in [1.807, 2.05) is 0 Å². The summed E-state index contributed by atoms with van der Waals surface area (Å²) in [7, 11) is 0. The molecule has 0 saturated heterocycles. The van der Waals surface area contributed by atoms with Gasteiger partial charge in [0.25, 0.3) is 5.91 Å². The third-order valence-electron chi connectivity index (χ3n) is 3.22. The third-order valence-corrected chi connectivity index (χ3v) is 3.22. The van der Waals surface area contributed by atoms with Crippen LogP contribution in [0.2, 0.25) is 0 Å². The van der Waals surface area contributed by atoms with Crippen LogP contribution in [0.4, 0.5) is 20.4 Å². The van der Waals surface area contributed by atoms with Gasteiger partial charge in [-0.15, -0.1) is 0 Å². The molecule has 1 heterocycles. The molecule has 1 unspecified atom stereocenters. The molecule has 0 aliphatic heterocycles. The zero-order chi connectivity index (χ0) is 19.6. The average molecular weight is 380 g/mol. The number of rotatable bonds is 9. The van der Waals surface area contributed by atoms with Crippen molar-refractivity contribution in [3.8, 4) is 5.75 Å². The van der Waals surface area contributed by atoms with Crippen LogP contribution in [-0.2, 0) is 14.3 Å². The minimum absolute atomic E-state index is 0.0129. The molecule has 144 valence electrons. The molecule has 0 aliphatic carbocycles. The van der Waals surface area contributed by atoms with Gasteiger partial charge in [0.2, 0.25) is 5.95 Å². The van der Waals surface area contributed by atoms with Crippen LogP contribution in [0.15, 0.2) is 42.7 Å². The van der Waals surface area contributed by atoms with Gasteiger partial charge in [-0.1, -0.05) is 12.1 Å². The number of anilines is 2. The number of para-hydroxylation sites is 2. The first-order chi connectivity index (χ1) is 13.0. The Morgan fingerprint density at radius 3 is 2.56 bits per heavy atom. The van der Waals surface area contributed by atoms with E-state index in [9.17, 15) is 18.4 Å². The van der Waals surface area contributed by atoms with E-state index < -0.39 is 24.6 Å². The highest BCUT2D eigenvalue weighted by Crippen LogP contribution is 2.25. The molecule has 2 rings (SSSR count). The molecule has 0 aliphatic rings. The molecule has 1 aromatic heterocycles. The minimum Gasteiger partial charge on any atom is -0.452 e. The first kappa shape index (κ1) is 20.0. The predicted octanol–water partition coefficient (Wildman–Crippen LogP) is 2.45. The largest absolute Gasteiger partial charge is 0.452 e. The summed E-state index contributed by atoms with van der Waals surface area (Å²) >= 11 is 0. The summed E-state index contributed by atoms with van der Waals surface area (Å²) in [4.78, 5) is 31.8. The number of ether oxygens (including phenoxy) is 2. The van der Waals surface area contributed by atoms with Crippen molar-refractivity contribution < 1.29 is 27.8 Å². The number of carbonyl (C=O) groups excluding carboxylic acids is 2. The molecule has 1 amide bonds. The summed E-state index contributed by atoms with van der Waals surface area (Å²) in [5.74, 6) is -1.11. The fourth-order valence-electron chi connectivity index (χ4n) is 1.98. The lowest BCUT2D eigenvalue weighted by Crippen LogP contribution is -2.30. The summed E-state index contributed by atoms with van der Waals surface area (Å²) in [6.07, 6.45) is 1.97. The maximum Gasteiger partial charge on any atom is 0.387 e. The Bertz CT molecular complexity index is 762. The normalized spacial score (nSPS) is 11.6. The number of benzene rings is 1. The van der Waals surface area contributed by atoms with E-state index in [1.54, 1.807) is 24.5 Å². The van der Waals surface area contributed by atoms with E-state index in [4.69, 9.17) is 4.74 Å². The van der Waals surface area contributed by atoms with Gasteiger partial charge in [-0.2, -0.15) is 8.78 Å². The van der Waals surface area contributed by atoms with Crippen LogP contribution in [0.1, 0.15) is 13.3 Å². The Hall–Kier alpha value is -3.30. The fourth-order valence-corrected chi connectivity index (χ4v) is 1.98. The Morgan fingerprint density at radius 1 is 1.15 bits per heavy atom. The van der Waals surface area contributed by atoms with Gasteiger partial charge in [0.15, 0.2) is 6.10 Å². The zero-order valence-corrected chi connectivity index (χ0v) is 14.4. The molecule has 27 heavy (non-hydrogen) atoms. The maximum absolute atomic E-state index is 12.4. The molecule has 10 heteroatoms. The highest BCUT2D eigenvalue weighted by molar-refractivity contribution is 5.96. The quantitative estimate of drug-likeness (QED) is 0.644. The smallest absolute Gasteiger partial charge is 0.387 e. The van der Waals surface area contributed by atoms with E-state index in [0.29, 0.717) is 5.95 Å². The van der Waals surface area contributed by atoms with Gasteiger partial charge >= 0.3 is 12.6 Å². The van der Waals surface area contributed by atoms with Crippen LogP contribution >= 0.6 is 0 Å². The third kappa shape index (κ3) is 6.84. The molecule has 1 atom stereocenters. The Kier molecular flexibility index (Phi) is 7.41. The van der Waals surface area contributed by atoms with Crippen molar-refractivity contribution in [3.63, 3.8) is 0 Å². The summed E-state index contributed by atoms with van der Waals surface area (Å²) in [6, 6.07) is 7.37. The van der Waals surface area contributed by atoms with Crippen molar-refractivity contribution in [3.05, 3.63) is 42.7 Å². The number of hydrogen-bond donors (Lipinski definition) is 2. The molecular weight excluding hydrogens is 362 g/mol. The molecule has 0 saturated carbocycles. The highest BCUT2D eigenvalue weighted by atomic mass is 19.3. The number of alkyl halides is 2. The van der Waals surface area contributed by atoms with Crippen LogP contribution in [-0.4, -0.2) is 41.1 Å². The predicted molar refractivity (Wildman–Crippen MR) is 92.4 cm³/mol. The summed E-state index contributed by atoms with van der Waals surface area (Å²) < 4.78 is 34.1. The van der Waals surface area contributed by atoms with Gasteiger partial charge in [0.1, 0.15) is 5.75 Å². The van der Waals surface area contributed by atoms with E-state index in [1.165, 1.54) is 25.1 Å². The summed E-state index contributed by atoms with van der Waals surface area (Å²) in [5, 5.41) is 5.23. The van der Waals surface area contributed by atoms with Gasteiger partial charge in [-0.25, -0.2) is 9.97 Å². The number of esters is 1. The maximum atomic E-state index is 12.4. The monoisotopic (exact) mass is 380 g/mol. The highest BCUT2D eigenvalue weighted by Gasteiger charge is 2.19. The van der Waals surface area contributed by atoms with Crippen molar-refractivity contribution in [2.75, 3.05) is 17.2 Å². The van der Waals surface area contributed by atoms with Gasteiger partial charge in [-0.05, 0) is 25.1 Å². The summed E-state index contributed by atoms with van der Waals surface area (Å²) in [6.45, 7) is -1.43. The van der Waals surface area contributed by atoms with Crippen molar-refractivity contribution >= 4 is 23.5 Å². The lowest BCUT2D eigenvalue weighted by Gasteiger charge is -2.15. The van der Waals surface area contributed by atoms with E-state index in [0.717, 1.165) is 0 Å². The molecule has 2 N–H and O–H groups in total. The van der Waals surface area contributed by atoms with Crippen LogP contribution < -0.4 is 15.4 Å².